The molecule has 6 nitrogen and oxygen atoms in total. The quantitative estimate of drug-likeness (QED) is 0.640. The Hall–Kier alpha value is -2.99. The Balaban J connectivity index is 1.86. The molecule has 0 amide bonds. The van der Waals surface area contributed by atoms with Crippen molar-refractivity contribution in [1.29, 1.82) is 0 Å². The van der Waals surface area contributed by atoms with Crippen molar-refractivity contribution in [2.75, 3.05) is 24.9 Å². The van der Waals surface area contributed by atoms with Gasteiger partial charge in [-0.05, 0) is 18.6 Å². The second-order valence-corrected chi connectivity index (χ2v) is 5.95. The van der Waals surface area contributed by atoms with Gasteiger partial charge >= 0.3 is 0 Å². The summed E-state index contributed by atoms with van der Waals surface area (Å²) in [6.07, 6.45) is 1.49. The molecule has 0 spiro atoms. The van der Waals surface area contributed by atoms with E-state index in [0.29, 0.717) is 33.8 Å². The maximum Gasteiger partial charge on any atom is 0.144 e. The summed E-state index contributed by atoms with van der Waals surface area (Å²) in [5.74, 6) is 2.42. The Morgan fingerprint density at radius 2 is 1.50 bits per heavy atom. The number of hydrogen-bond acceptors (Lipinski definition) is 6. The van der Waals surface area contributed by atoms with E-state index in [0.717, 1.165) is 11.3 Å². The average Bonchev–Trinajstić information content (AvgIpc) is 2.65. The third-order valence-corrected chi connectivity index (χ3v) is 4.11. The molecule has 0 fully saturated rings. The van der Waals surface area contributed by atoms with Gasteiger partial charge in [-0.2, -0.15) is 0 Å². The zero-order valence-corrected chi connectivity index (χ0v) is 15.5. The monoisotopic (exact) mass is 370 g/mol. The molecule has 1 heterocycles. The Morgan fingerprint density at radius 1 is 0.846 bits per heavy atom. The highest BCUT2D eigenvalue weighted by Gasteiger charge is 2.11. The molecule has 0 aliphatic heterocycles. The van der Waals surface area contributed by atoms with Gasteiger partial charge in [0.25, 0.3) is 0 Å². The highest BCUT2D eigenvalue weighted by atomic mass is 35.5. The molecule has 0 unspecified atom stereocenters. The third kappa shape index (κ3) is 3.97. The molecule has 0 saturated heterocycles. The van der Waals surface area contributed by atoms with Crippen LogP contribution in [0.15, 0.2) is 48.8 Å². The van der Waals surface area contributed by atoms with Gasteiger partial charge in [-0.15, -0.1) is 0 Å². The smallest absolute Gasteiger partial charge is 0.144 e. The minimum absolute atomic E-state index is 0.472. The van der Waals surface area contributed by atoms with Crippen LogP contribution < -0.4 is 20.1 Å². The zero-order chi connectivity index (χ0) is 18.5. The maximum atomic E-state index is 6.15. The zero-order valence-electron chi connectivity index (χ0n) is 14.7. The average molecular weight is 371 g/mol. The molecule has 3 rings (SSSR count). The first-order chi connectivity index (χ1) is 12.6. The number of nitrogens with zero attached hydrogens (tertiary/aromatic N) is 2. The summed E-state index contributed by atoms with van der Waals surface area (Å²) in [6.45, 7) is 2.04. The highest BCUT2D eigenvalue weighted by Crippen LogP contribution is 2.37. The van der Waals surface area contributed by atoms with E-state index in [4.69, 9.17) is 21.1 Å². The number of ether oxygens (including phenoxy) is 2. The number of rotatable bonds is 6. The molecule has 0 atom stereocenters. The van der Waals surface area contributed by atoms with Gasteiger partial charge in [-0.25, -0.2) is 9.97 Å². The van der Waals surface area contributed by atoms with Crippen LogP contribution in [0.2, 0.25) is 5.02 Å². The van der Waals surface area contributed by atoms with Crippen LogP contribution >= 0.6 is 11.6 Å². The SMILES string of the molecule is COc1cc(Nc2cc(Nc3ccccc3C)ncn2)c(OC)cc1Cl. The lowest BCUT2D eigenvalue weighted by Crippen LogP contribution is -2.01. The van der Waals surface area contributed by atoms with Gasteiger partial charge in [0.1, 0.15) is 29.5 Å². The van der Waals surface area contributed by atoms with E-state index in [-0.39, 0.29) is 0 Å². The number of anilines is 4. The number of methoxy groups -OCH3 is 2. The predicted octanol–water partition coefficient (Wildman–Crippen LogP) is 4.94. The van der Waals surface area contributed by atoms with Crippen LogP contribution in [-0.2, 0) is 0 Å². The van der Waals surface area contributed by atoms with Crippen molar-refractivity contribution in [2.45, 2.75) is 6.92 Å². The third-order valence-electron chi connectivity index (χ3n) is 3.81. The Morgan fingerprint density at radius 3 is 2.15 bits per heavy atom. The summed E-state index contributed by atoms with van der Waals surface area (Å²) < 4.78 is 10.6. The van der Waals surface area contributed by atoms with Crippen molar-refractivity contribution in [3.8, 4) is 11.5 Å². The van der Waals surface area contributed by atoms with Crippen LogP contribution in [0.4, 0.5) is 23.0 Å². The van der Waals surface area contributed by atoms with Crippen molar-refractivity contribution in [3.63, 3.8) is 0 Å². The van der Waals surface area contributed by atoms with Crippen molar-refractivity contribution in [3.05, 3.63) is 59.4 Å². The molecule has 0 radical (unpaired) electrons. The first kappa shape index (κ1) is 17.8. The van der Waals surface area contributed by atoms with Gasteiger partial charge in [-0.3, -0.25) is 0 Å². The molecule has 0 bridgehead atoms. The van der Waals surface area contributed by atoms with Gasteiger partial charge in [0, 0.05) is 23.9 Å². The van der Waals surface area contributed by atoms with Crippen molar-refractivity contribution in [1.82, 2.24) is 9.97 Å². The van der Waals surface area contributed by atoms with E-state index in [9.17, 15) is 0 Å². The number of benzene rings is 2. The summed E-state index contributed by atoms with van der Waals surface area (Å²) >= 11 is 6.15. The Bertz CT molecular complexity index is 918. The van der Waals surface area contributed by atoms with E-state index in [2.05, 4.69) is 20.6 Å². The molecule has 0 saturated carbocycles. The van der Waals surface area contributed by atoms with Crippen LogP contribution in [0.5, 0.6) is 11.5 Å². The van der Waals surface area contributed by atoms with Crippen LogP contribution in [0.25, 0.3) is 0 Å². The Labute approximate surface area is 157 Å². The first-order valence-corrected chi connectivity index (χ1v) is 8.31. The largest absolute Gasteiger partial charge is 0.495 e. The molecular formula is C19H19ClN4O2. The lowest BCUT2D eigenvalue weighted by atomic mass is 10.2. The number of aryl methyl sites for hydroxylation is 1. The molecule has 3 aromatic rings. The molecule has 2 aromatic carbocycles. The van der Waals surface area contributed by atoms with Crippen LogP contribution in [0.1, 0.15) is 5.56 Å². The maximum absolute atomic E-state index is 6.15. The molecule has 26 heavy (non-hydrogen) atoms. The Kier molecular flexibility index (Phi) is 5.43. The molecule has 2 N–H and O–H groups in total. The van der Waals surface area contributed by atoms with Crippen molar-refractivity contribution in [2.24, 2.45) is 0 Å². The topological polar surface area (TPSA) is 68.3 Å². The summed E-state index contributed by atoms with van der Waals surface area (Å²) in [4.78, 5) is 8.53. The number of hydrogen-bond donors (Lipinski definition) is 2. The van der Waals surface area contributed by atoms with E-state index < -0.39 is 0 Å². The second-order valence-electron chi connectivity index (χ2n) is 5.54. The van der Waals surface area contributed by atoms with Crippen molar-refractivity contribution < 1.29 is 9.47 Å². The summed E-state index contributed by atoms with van der Waals surface area (Å²) in [5, 5.41) is 6.97. The second kappa shape index (κ2) is 7.93. The molecular weight excluding hydrogens is 352 g/mol. The standard InChI is InChI=1S/C19H19ClN4O2/c1-12-6-4-5-7-14(12)23-18-10-19(22-11-21-18)24-15-9-16(25-2)13(20)8-17(15)26-3/h4-11H,1-3H3,(H2,21,22,23,24). The molecule has 0 aliphatic carbocycles. The van der Waals surface area contributed by atoms with Crippen molar-refractivity contribution >= 4 is 34.6 Å². The minimum Gasteiger partial charge on any atom is -0.495 e. The van der Waals surface area contributed by atoms with Gasteiger partial charge in [-0.1, -0.05) is 29.8 Å². The lowest BCUT2D eigenvalue weighted by molar-refractivity contribution is 0.405. The number of nitrogens with one attached hydrogen (secondary N) is 2. The summed E-state index contributed by atoms with van der Waals surface area (Å²) in [5.41, 5.74) is 2.81. The van der Waals surface area contributed by atoms with Gasteiger partial charge in [0.15, 0.2) is 0 Å². The molecule has 0 aliphatic rings. The van der Waals surface area contributed by atoms with Crippen LogP contribution in [-0.4, -0.2) is 24.2 Å². The van der Waals surface area contributed by atoms with Gasteiger partial charge in [0.05, 0.1) is 24.9 Å². The minimum atomic E-state index is 0.472. The number of para-hydroxylation sites is 1. The summed E-state index contributed by atoms with van der Waals surface area (Å²) in [7, 11) is 3.14. The fourth-order valence-corrected chi connectivity index (χ4v) is 2.67. The van der Waals surface area contributed by atoms with E-state index in [1.807, 2.05) is 37.3 Å². The number of aromatic nitrogens is 2. The fraction of sp³-hybridized carbons (Fsp3) is 0.158. The highest BCUT2D eigenvalue weighted by molar-refractivity contribution is 6.32. The molecule has 7 heteroatoms. The first-order valence-electron chi connectivity index (χ1n) is 7.94. The summed E-state index contributed by atoms with van der Waals surface area (Å²) in [6, 6.07) is 13.3. The van der Waals surface area contributed by atoms with Crippen LogP contribution in [0.3, 0.4) is 0 Å². The molecule has 1 aromatic heterocycles. The lowest BCUT2D eigenvalue weighted by Gasteiger charge is -2.14. The van der Waals surface area contributed by atoms with Crippen LogP contribution in [0, 0.1) is 6.92 Å². The normalized spacial score (nSPS) is 10.3. The number of halogens is 1. The van der Waals surface area contributed by atoms with E-state index in [1.165, 1.54) is 6.33 Å². The predicted molar refractivity (Wildman–Crippen MR) is 104 cm³/mol. The van der Waals surface area contributed by atoms with E-state index >= 15 is 0 Å². The molecule has 134 valence electrons. The van der Waals surface area contributed by atoms with E-state index in [1.54, 1.807) is 26.4 Å². The fourth-order valence-electron chi connectivity index (χ4n) is 2.44. The van der Waals surface area contributed by atoms with Gasteiger partial charge < -0.3 is 20.1 Å². The van der Waals surface area contributed by atoms with Gasteiger partial charge in [0.2, 0.25) is 0 Å².